The van der Waals surface area contributed by atoms with E-state index in [2.05, 4.69) is 11.0 Å². The molecular weight excluding hydrogens is 318 g/mol. The number of methoxy groups -OCH3 is 1. The maximum Gasteiger partial charge on any atom is 0.327 e. The average Bonchev–Trinajstić information content (AvgIpc) is 2.78. The topological polar surface area (TPSA) is 53.1 Å². The van der Waals surface area contributed by atoms with E-state index in [1.54, 1.807) is 19.1 Å². The van der Waals surface area contributed by atoms with Gasteiger partial charge >= 0.3 is 6.03 Å². The summed E-state index contributed by atoms with van der Waals surface area (Å²) in [5.41, 5.74) is 0.535. The van der Waals surface area contributed by atoms with E-state index < -0.39 is 5.54 Å². The summed E-state index contributed by atoms with van der Waals surface area (Å²) >= 11 is 0. The molecule has 0 atom stereocenters. The van der Waals surface area contributed by atoms with Crippen molar-refractivity contribution in [3.63, 3.8) is 0 Å². The minimum Gasteiger partial charge on any atom is -0.497 e. The van der Waals surface area contributed by atoms with Crippen molar-refractivity contribution in [1.29, 1.82) is 0 Å². The summed E-state index contributed by atoms with van der Waals surface area (Å²) in [7, 11) is 3.43. The lowest BCUT2D eigenvalue weighted by Crippen LogP contribution is -2.55. The molecule has 136 valence electrons. The molecule has 1 aromatic carbocycles. The highest BCUT2D eigenvalue weighted by Gasteiger charge is 2.56. The molecule has 6 nitrogen and oxygen atoms in total. The monoisotopic (exact) mass is 345 g/mol. The Bertz CT molecular complexity index is 666. The van der Waals surface area contributed by atoms with Crippen molar-refractivity contribution in [2.24, 2.45) is 0 Å². The Morgan fingerprint density at radius 2 is 1.88 bits per heavy atom. The Hall–Kier alpha value is -2.08. The van der Waals surface area contributed by atoms with Crippen molar-refractivity contribution in [3.05, 3.63) is 29.8 Å². The van der Waals surface area contributed by atoms with E-state index in [1.165, 1.54) is 10.5 Å². The zero-order chi connectivity index (χ0) is 18.2. The van der Waals surface area contributed by atoms with E-state index in [9.17, 15) is 9.59 Å². The SMILES string of the molecule is COc1cccc(CN2CCC3(CC2)C(=O)N(C(C)C)C(=O)N3C)c1. The average molecular weight is 345 g/mol. The van der Waals surface area contributed by atoms with Crippen LogP contribution >= 0.6 is 0 Å². The maximum absolute atomic E-state index is 12.9. The quantitative estimate of drug-likeness (QED) is 0.786. The highest BCUT2D eigenvalue weighted by molar-refractivity contribution is 6.07. The minimum absolute atomic E-state index is 0.0315. The summed E-state index contributed by atoms with van der Waals surface area (Å²) in [6.07, 6.45) is 1.36. The molecule has 2 saturated heterocycles. The van der Waals surface area contributed by atoms with Gasteiger partial charge in [0.05, 0.1) is 7.11 Å². The van der Waals surface area contributed by atoms with Crippen LogP contribution in [-0.2, 0) is 11.3 Å². The van der Waals surface area contributed by atoms with Gasteiger partial charge in [-0.25, -0.2) is 4.79 Å². The minimum atomic E-state index is -0.660. The first-order valence-electron chi connectivity index (χ1n) is 8.86. The maximum atomic E-state index is 12.9. The van der Waals surface area contributed by atoms with Crippen LogP contribution < -0.4 is 4.74 Å². The van der Waals surface area contributed by atoms with E-state index in [1.807, 2.05) is 32.0 Å². The van der Waals surface area contributed by atoms with Gasteiger partial charge in [-0.05, 0) is 44.4 Å². The van der Waals surface area contributed by atoms with Crippen LogP contribution in [-0.4, -0.2) is 65.5 Å². The molecule has 25 heavy (non-hydrogen) atoms. The van der Waals surface area contributed by atoms with Gasteiger partial charge in [0, 0.05) is 32.7 Å². The van der Waals surface area contributed by atoms with E-state index in [0.29, 0.717) is 12.8 Å². The number of carbonyl (C=O) groups excluding carboxylic acids is 2. The van der Waals surface area contributed by atoms with Gasteiger partial charge in [-0.3, -0.25) is 14.6 Å². The summed E-state index contributed by atoms with van der Waals surface area (Å²) in [4.78, 5) is 30.8. The van der Waals surface area contributed by atoms with Crippen molar-refractivity contribution in [2.45, 2.75) is 44.8 Å². The fraction of sp³-hybridized carbons (Fsp3) is 0.579. The highest BCUT2D eigenvalue weighted by atomic mass is 16.5. The lowest BCUT2D eigenvalue weighted by molar-refractivity contribution is -0.136. The molecular formula is C19H27N3O3. The lowest BCUT2D eigenvalue weighted by atomic mass is 9.86. The largest absolute Gasteiger partial charge is 0.497 e. The standard InChI is InChI=1S/C19H27N3O3/c1-14(2)22-17(23)19(20(3)18(22)24)8-10-21(11-9-19)13-15-6-5-7-16(12-15)25-4/h5-7,12,14H,8-11,13H2,1-4H3. The summed E-state index contributed by atoms with van der Waals surface area (Å²) in [6, 6.07) is 7.79. The van der Waals surface area contributed by atoms with Crippen LogP contribution in [0.4, 0.5) is 4.79 Å². The molecule has 0 saturated carbocycles. The molecule has 0 aliphatic carbocycles. The molecule has 3 amide bonds. The number of rotatable bonds is 4. The Kier molecular flexibility index (Phi) is 4.73. The Balaban J connectivity index is 1.69. The molecule has 3 rings (SSSR count). The van der Waals surface area contributed by atoms with Gasteiger partial charge in [-0.2, -0.15) is 0 Å². The predicted molar refractivity (Wildman–Crippen MR) is 95.4 cm³/mol. The van der Waals surface area contributed by atoms with Gasteiger partial charge in [0.25, 0.3) is 5.91 Å². The molecule has 1 aromatic rings. The Morgan fingerprint density at radius 3 is 2.44 bits per heavy atom. The van der Waals surface area contributed by atoms with Crippen molar-refractivity contribution in [2.75, 3.05) is 27.2 Å². The third kappa shape index (κ3) is 2.99. The van der Waals surface area contributed by atoms with Gasteiger partial charge in [-0.1, -0.05) is 12.1 Å². The molecule has 0 radical (unpaired) electrons. The van der Waals surface area contributed by atoms with Crippen LogP contribution in [0.25, 0.3) is 0 Å². The second-order valence-corrected chi connectivity index (χ2v) is 7.27. The van der Waals surface area contributed by atoms with Crippen LogP contribution in [0.5, 0.6) is 5.75 Å². The number of nitrogens with zero attached hydrogens (tertiary/aromatic N) is 3. The molecule has 2 aliphatic heterocycles. The summed E-state index contributed by atoms with van der Waals surface area (Å²) < 4.78 is 5.28. The number of piperidine rings is 1. The summed E-state index contributed by atoms with van der Waals surface area (Å²) in [6.45, 7) is 6.20. The number of carbonyl (C=O) groups is 2. The van der Waals surface area contributed by atoms with E-state index in [0.717, 1.165) is 25.4 Å². The first-order valence-corrected chi connectivity index (χ1v) is 8.86. The van der Waals surface area contributed by atoms with Gasteiger partial charge < -0.3 is 9.64 Å². The van der Waals surface area contributed by atoms with Crippen LogP contribution in [0.2, 0.25) is 0 Å². The molecule has 2 aliphatic rings. The summed E-state index contributed by atoms with van der Waals surface area (Å²) in [5, 5.41) is 0. The number of urea groups is 1. The second-order valence-electron chi connectivity index (χ2n) is 7.27. The van der Waals surface area contributed by atoms with Crippen molar-refractivity contribution >= 4 is 11.9 Å². The van der Waals surface area contributed by atoms with Crippen molar-refractivity contribution < 1.29 is 14.3 Å². The van der Waals surface area contributed by atoms with Crippen LogP contribution in [0, 0.1) is 0 Å². The van der Waals surface area contributed by atoms with E-state index >= 15 is 0 Å². The number of likely N-dealkylation sites (N-methyl/N-ethyl adjacent to an activating group) is 1. The number of hydrogen-bond donors (Lipinski definition) is 0. The molecule has 1 spiro atoms. The second kappa shape index (κ2) is 6.67. The first-order chi connectivity index (χ1) is 11.9. The molecule has 6 heteroatoms. The molecule has 0 aromatic heterocycles. The van der Waals surface area contributed by atoms with Gasteiger partial charge in [0.15, 0.2) is 0 Å². The number of benzene rings is 1. The van der Waals surface area contributed by atoms with Gasteiger partial charge in [0.2, 0.25) is 0 Å². The van der Waals surface area contributed by atoms with E-state index in [4.69, 9.17) is 4.74 Å². The van der Waals surface area contributed by atoms with Gasteiger partial charge in [-0.15, -0.1) is 0 Å². The highest BCUT2D eigenvalue weighted by Crippen LogP contribution is 2.37. The third-order valence-electron chi connectivity index (χ3n) is 5.49. The number of imide groups is 1. The van der Waals surface area contributed by atoms with E-state index in [-0.39, 0.29) is 18.0 Å². The van der Waals surface area contributed by atoms with Crippen molar-refractivity contribution in [1.82, 2.24) is 14.7 Å². The molecule has 2 fully saturated rings. The van der Waals surface area contributed by atoms with Crippen LogP contribution in [0.15, 0.2) is 24.3 Å². The lowest BCUT2D eigenvalue weighted by Gasteiger charge is -2.40. The normalized spacial score (nSPS) is 20.8. The van der Waals surface area contributed by atoms with Crippen LogP contribution in [0.1, 0.15) is 32.3 Å². The number of amides is 3. The summed E-state index contributed by atoms with van der Waals surface area (Å²) in [5.74, 6) is 0.825. The predicted octanol–water partition coefficient (Wildman–Crippen LogP) is 2.33. The van der Waals surface area contributed by atoms with Crippen molar-refractivity contribution in [3.8, 4) is 5.75 Å². The Labute approximate surface area is 149 Å². The number of hydrogen-bond acceptors (Lipinski definition) is 4. The fourth-order valence-electron chi connectivity index (χ4n) is 3.91. The smallest absolute Gasteiger partial charge is 0.327 e. The Morgan fingerprint density at radius 1 is 1.20 bits per heavy atom. The molecule has 0 unspecified atom stereocenters. The van der Waals surface area contributed by atoms with Crippen LogP contribution in [0.3, 0.4) is 0 Å². The molecule has 0 N–H and O–H groups in total. The fourth-order valence-corrected chi connectivity index (χ4v) is 3.91. The zero-order valence-corrected chi connectivity index (χ0v) is 15.5. The van der Waals surface area contributed by atoms with Gasteiger partial charge in [0.1, 0.15) is 11.3 Å². The number of likely N-dealkylation sites (tertiary alicyclic amines) is 1. The number of ether oxygens (including phenoxy) is 1. The molecule has 2 heterocycles. The third-order valence-corrected chi connectivity index (χ3v) is 5.49. The first kappa shape index (κ1) is 17.7. The zero-order valence-electron chi connectivity index (χ0n) is 15.5. The molecule has 0 bridgehead atoms.